The van der Waals surface area contributed by atoms with Gasteiger partial charge in [-0.2, -0.15) is 0 Å². The van der Waals surface area contributed by atoms with Gasteiger partial charge in [0.15, 0.2) is 5.76 Å². The van der Waals surface area contributed by atoms with Gasteiger partial charge < -0.3 is 19.7 Å². The number of piperidine rings is 1. The molecule has 2 heterocycles. The number of rotatable bonds is 5. The fourth-order valence-corrected chi connectivity index (χ4v) is 3.00. The van der Waals surface area contributed by atoms with E-state index in [0.29, 0.717) is 32.5 Å². The molecular weight excluding hydrogens is 355 g/mol. The lowest BCUT2D eigenvalue weighted by molar-refractivity contribution is -0.126. The number of nitrogens with zero attached hydrogens (tertiary/aromatic N) is 1. The molecule has 0 aliphatic carbocycles. The fraction of sp³-hybridized carbons (Fsp3) is 0.316. The Balaban J connectivity index is 1.48. The topological polar surface area (TPSA) is 99.9 Å². The number of hydrogen-bond donors (Lipinski definition) is 2. The number of carboxylic acid groups (broad SMARTS) is 1. The van der Waals surface area contributed by atoms with Crippen molar-refractivity contribution in [1.82, 2.24) is 10.2 Å². The maximum Gasteiger partial charge on any atom is 0.371 e. The molecule has 1 aromatic heterocycles. The van der Waals surface area contributed by atoms with Crippen LogP contribution in [0.15, 0.2) is 40.8 Å². The molecule has 0 radical (unpaired) electrons. The van der Waals surface area contributed by atoms with Gasteiger partial charge in [-0.15, -0.1) is 0 Å². The quantitative estimate of drug-likeness (QED) is 0.836. The van der Waals surface area contributed by atoms with Crippen LogP contribution in [0.2, 0.25) is 0 Å². The Hall–Kier alpha value is -3.16. The van der Waals surface area contributed by atoms with E-state index in [2.05, 4.69) is 5.32 Å². The van der Waals surface area contributed by atoms with Crippen LogP contribution in [0.1, 0.15) is 39.5 Å². The minimum absolute atomic E-state index is 0.0217. The molecule has 1 aliphatic rings. The summed E-state index contributed by atoms with van der Waals surface area (Å²) in [5, 5.41) is 11.7. The van der Waals surface area contributed by atoms with Crippen LogP contribution in [-0.2, 0) is 11.3 Å². The van der Waals surface area contributed by atoms with Gasteiger partial charge >= 0.3 is 5.97 Å². The summed E-state index contributed by atoms with van der Waals surface area (Å²) in [5.74, 6) is -2.55. The Labute approximate surface area is 154 Å². The standard InChI is InChI=1S/C19H19FN2O5/c20-14-3-1-12(2-4-14)11-21-17(23)13-7-9-22(10-8-13)18(24)15-5-6-16(27-15)19(25)26/h1-6,13H,7-11H2,(H,21,23)(H,25,26). The SMILES string of the molecule is O=C(O)c1ccc(C(=O)N2CCC(C(=O)NCc3ccc(F)cc3)CC2)o1. The first kappa shape index (κ1) is 18.6. The Morgan fingerprint density at radius 3 is 2.30 bits per heavy atom. The second-order valence-electron chi connectivity index (χ2n) is 6.38. The first-order valence-corrected chi connectivity index (χ1v) is 8.58. The number of nitrogens with one attached hydrogen (secondary N) is 1. The molecule has 27 heavy (non-hydrogen) atoms. The van der Waals surface area contributed by atoms with E-state index in [1.165, 1.54) is 24.3 Å². The zero-order chi connectivity index (χ0) is 19.4. The molecule has 0 bridgehead atoms. The van der Waals surface area contributed by atoms with Crippen LogP contribution in [0.25, 0.3) is 0 Å². The average molecular weight is 374 g/mol. The zero-order valence-corrected chi connectivity index (χ0v) is 14.5. The van der Waals surface area contributed by atoms with Crippen LogP contribution in [0.4, 0.5) is 4.39 Å². The summed E-state index contributed by atoms with van der Waals surface area (Å²) < 4.78 is 17.9. The fourth-order valence-electron chi connectivity index (χ4n) is 3.00. The van der Waals surface area contributed by atoms with Gasteiger partial charge in [-0.3, -0.25) is 9.59 Å². The number of hydrogen-bond acceptors (Lipinski definition) is 4. The minimum Gasteiger partial charge on any atom is -0.475 e. The molecule has 8 heteroatoms. The molecule has 0 spiro atoms. The van der Waals surface area contributed by atoms with Gasteiger partial charge in [0.1, 0.15) is 5.82 Å². The first-order chi connectivity index (χ1) is 12.9. The van der Waals surface area contributed by atoms with Crippen LogP contribution < -0.4 is 5.32 Å². The Bertz CT molecular complexity index is 838. The van der Waals surface area contributed by atoms with Gasteiger partial charge in [-0.1, -0.05) is 12.1 Å². The average Bonchev–Trinajstić information content (AvgIpc) is 3.17. The van der Waals surface area contributed by atoms with E-state index >= 15 is 0 Å². The second-order valence-corrected chi connectivity index (χ2v) is 6.38. The highest BCUT2D eigenvalue weighted by molar-refractivity contribution is 5.93. The summed E-state index contributed by atoms with van der Waals surface area (Å²) in [6.45, 7) is 1.09. The largest absolute Gasteiger partial charge is 0.475 e. The summed E-state index contributed by atoms with van der Waals surface area (Å²) in [7, 11) is 0. The van der Waals surface area contributed by atoms with Crippen molar-refractivity contribution in [2.75, 3.05) is 13.1 Å². The highest BCUT2D eigenvalue weighted by Crippen LogP contribution is 2.20. The van der Waals surface area contributed by atoms with Crippen LogP contribution in [-0.4, -0.2) is 40.9 Å². The summed E-state index contributed by atoms with van der Waals surface area (Å²) in [5.41, 5.74) is 0.810. The van der Waals surface area contributed by atoms with Gasteiger partial charge in [0.25, 0.3) is 5.91 Å². The molecule has 0 saturated carbocycles. The maximum absolute atomic E-state index is 12.9. The predicted octanol–water partition coefficient (Wildman–Crippen LogP) is 2.29. The van der Waals surface area contributed by atoms with E-state index in [4.69, 9.17) is 9.52 Å². The summed E-state index contributed by atoms with van der Waals surface area (Å²) >= 11 is 0. The molecule has 2 amide bonds. The number of amides is 2. The molecule has 142 valence electrons. The van der Waals surface area contributed by atoms with E-state index in [1.54, 1.807) is 17.0 Å². The smallest absolute Gasteiger partial charge is 0.371 e. The van der Waals surface area contributed by atoms with E-state index in [-0.39, 0.29) is 35.1 Å². The second kappa shape index (κ2) is 8.03. The molecule has 1 fully saturated rings. The number of benzene rings is 1. The monoisotopic (exact) mass is 374 g/mol. The van der Waals surface area contributed by atoms with Crippen LogP contribution in [0.3, 0.4) is 0 Å². The van der Waals surface area contributed by atoms with Gasteiger partial charge in [-0.05, 0) is 42.7 Å². The zero-order valence-electron chi connectivity index (χ0n) is 14.5. The van der Waals surface area contributed by atoms with E-state index in [0.717, 1.165) is 5.56 Å². The van der Waals surface area contributed by atoms with Gasteiger partial charge in [0.2, 0.25) is 11.7 Å². The van der Waals surface area contributed by atoms with Crippen molar-refractivity contribution in [2.45, 2.75) is 19.4 Å². The van der Waals surface area contributed by atoms with Crippen LogP contribution in [0, 0.1) is 11.7 Å². The summed E-state index contributed by atoms with van der Waals surface area (Å²) in [6, 6.07) is 8.50. The van der Waals surface area contributed by atoms with Gasteiger partial charge in [-0.25, -0.2) is 9.18 Å². The number of carbonyl (C=O) groups is 3. The number of carboxylic acids is 1. The van der Waals surface area contributed by atoms with Gasteiger partial charge in [0.05, 0.1) is 0 Å². The third-order valence-electron chi connectivity index (χ3n) is 4.56. The Morgan fingerprint density at radius 1 is 1.07 bits per heavy atom. The van der Waals surface area contributed by atoms with Crippen molar-refractivity contribution in [3.05, 3.63) is 59.3 Å². The number of likely N-dealkylation sites (tertiary alicyclic amines) is 1. The normalized spacial score (nSPS) is 14.8. The van der Waals surface area contributed by atoms with E-state index in [1.807, 2.05) is 0 Å². The van der Waals surface area contributed by atoms with Crippen molar-refractivity contribution in [1.29, 1.82) is 0 Å². The molecule has 7 nitrogen and oxygen atoms in total. The third kappa shape index (κ3) is 4.52. The lowest BCUT2D eigenvalue weighted by Crippen LogP contribution is -2.42. The van der Waals surface area contributed by atoms with Crippen molar-refractivity contribution in [3.63, 3.8) is 0 Å². The van der Waals surface area contributed by atoms with Crippen molar-refractivity contribution < 1.29 is 28.3 Å². The summed E-state index contributed by atoms with van der Waals surface area (Å²) in [4.78, 5) is 37.0. The Kier molecular flexibility index (Phi) is 5.54. The van der Waals surface area contributed by atoms with Crippen LogP contribution in [0.5, 0.6) is 0 Å². The highest BCUT2D eigenvalue weighted by Gasteiger charge is 2.29. The molecule has 2 N–H and O–H groups in total. The summed E-state index contributed by atoms with van der Waals surface area (Å²) in [6.07, 6.45) is 1.01. The van der Waals surface area contributed by atoms with Crippen LogP contribution >= 0.6 is 0 Å². The van der Waals surface area contributed by atoms with Crippen molar-refractivity contribution >= 4 is 17.8 Å². The van der Waals surface area contributed by atoms with E-state index < -0.39 is 5.97 Å². The highest BCUT2D eigenvalue weighted by atomic mass is 19.1. The third-order valence-corrected chi connectivity index (χ3v) is 4.56. The maximum atomic E-state index is 12.9. The molecule has 0 unspecified atom stereocenters. The molecule has 2 aromatic rings. The minimum atomic E-state index is -1.23. The number of furan rings is 1. The first-order valence-electron chi connectivity index (χ1n) is 8.58. The molecule has 0 atom stereocenters. The molecule has 3 rings (SSSR count). The van der Waals surface area contributed by atoms with Gasteiger partial charge in [0, 0.05) is 25.6 Å². The number of aromatic carboxylic acids is 1. The van der Waals surface area contributed by atoms with Crippen molar-refractivity contribution in [2.24, 2.45) is 5.92 Å². The molecule has 1 saturated heterocycles. The Morgan fingerprint density at radius 2 is 1.70 bits per heavy atom. The van der Waals surface area contributed by atoms with Crippen molar-refractivity contribution in [3.8, 4) is 0 Å². The lowest BCUT2D eigenvalue weighted by Gasteiger charge is -2.30. The molecule has 1 aliphatic heterocycles. The molecular formula is C19H19FN2O5. The number of carbonyl (C=O) groups excluding carboxylic acids is 2. The molecule has 1 aromatic carbocycles. The predicted molar refractivity (Wildman–Crippen MR) is 92.5 cm³/mol. The lowest BCUT2D eigenvalue weighted by atomic mass is 9.95. The van der Waals surface area contributed by atoms with E-state index in [9.17, 15) is 18.8 Å². The number of halogens is 1.